The highest BCUT2D eigenvalue weighted by molar-refractivity contribution is 7.10. The van der Waals surface area contributed by atoms with Gasteiger partial charge in [-0.25, -0.2) is 4.98 Å². The monoisotopic (exact) mass is 451 g/mol. The zero-order valence-electron chi connectivity index (χ0n) is 17.6. The van der Waals surface area contributed by atoms with E-state index in [1.165, 1.54) is 0 Å². The van der Waals surface area contributed by atoms with Crippen LogP contribution >= 0.6 is 11.3 Å². The molecule has 1 aromatic carbocycles. The van der Waals surface area contributed by atoms with Crippen LogP contribution in [-0.4, -0.2) is 46.9 Å². The second-order valence-corrected chi connectivity index (χ2v) is 8.78. The van der Waals surface area contributed by atoms with Gasteiger partial charge in [0.15, 0.2) is 0 Å². The summed E-state index contributed by atoms with van der Waals surface area (Å²) in [6.45, 7) is 4.38. The number of carbonyl (C=O) groups excluding carboxylic acids is 1. The largest absolute Gasteiger partial charge is 0.355 e. The van der Waals surface area contributed by atoms with Gasteiger partial charge in [-0.2, -0.15) is 0 Å². The Morgan fingerprint density at radius 3 is 2.62 bits per heavy atom. The van der Waals surface area contributed by atoms with E-state index in [2.05, 4.69) is 20.1 Å². The number of rotatable bonds is 7. The van der Waals surface area contributed by atoms with Gasteiger partial charge in [-0.1, -0.05) is 18.2 Å². The first-order chi connectivity index (χ1) is 15.6. The van der Waals surface area contributed by atoms with Crippen molar-refractivity contribution in [3.05, 3.63) is 80.7 Å². The molecule has 1 amide bonds. The summed E-state index contributed by atoms with van der Waals surface area (Å²) in [6.07, 6.45) is 3.09. The third kappa shape index (κ3) is 5.89. The molecule has 1 N–H and O–H groups in total. The summed E-state index contributed by atoms with van der Waals surface area (Å²) < 4.78 is 0. The maximum absolute atomic E-state index is 12.2. The fraction of sp³-hybridized carbons (Fsp3) is 0.304. The lowest BCUT2D eigenvalue weighted by Crippen LogP contribution is -2.31. The van der Waals surface area contributed by atoms with Crippen LogP contribution in [0.5, 0.6) is 0 Å². The molecule has 8 nitrogen and oxygen atoms in total. The predicted octanol–water partition coefficient (Wildman–Crippen LogP) is 3.94. The Balaban J connectivity index is 1.29. The molecule has 0 bridgehead atoms. The van der Waals surface area contributed by atoms with Crippen molar-refractivity contribution in [2.24, 2.45) is 0 Å². The number of carbonyl (C=O) groups is 1. The second kappa shape index (κ2) is 10.3. The summed E-state index contributed by atoms with van der Waals surface area (Å²) in [4.78, 5) is 32.8. The fourth-order valence-corrected chi connectivity index (χ4v) is 4.47. The molecule has 1 fully saturated rings. The van der Waals surface area contributed by atoms with Crippen molar-refractivity contribution in [3.63, 3.8) is 0 Å². The summed E-state index contributed by atoms with van der Waals surface area (Å²) in [5.41, 5.74) is 1.89. The van der Waals surface area contributed by atoms with Crippen LogP contribution in [0.25, 0.3) is 0 Å². The fourth-order valence-electron chi connectivity index (χ4n) is 3.76. The number of benzene rings is 1. The number of anilines is 2. The number of nitro benzene ring substituents is 1. The van der Waals surface area contributed by atoms with Crippen LogP contribution in [0.1, 0.15) is 16.9 Å². The SMILES string of the molecule is O=C(Cc1cccs1)Nc1ccc(N2CCCN(Cc3ccc([N+](=O)[O-])cc3)CC2)nc1. The molecular weight excluding hydrogens is 426 g/mol. The van der Waals surface area contributed by atoms with E-state index in [1.54, 1.807) is 29.7 Å². The van der Waals surface area contributed by atoms with E-state index in [0.717, 1.165) is 55.4 Å². The first kappa shape index (κ1) is 21.9. The lowest BCUT2D eigenvalue weighted by Gasteiger charge is -2.23. The van der Waals surface area contributed by atoms with E-state index >= 15 is 0 Å². The van der Waals surface area contributed by atoms with Crippen LogP contribution in [-0.2, 0) is 17.8 Å². The molecule has 3 heterocycles. The first-order valence-corrected chi connectivity index (χ1v) is 11.4. The van der Waals surface area contributed by atoms with E-state index in [1.807, 2.05) is 41.8 Å². The molecule has 4 rings (SSSR count). The van der Waals surface area contributed by atoms with Crippen molar-refractivity contribution in [1.82, 2.24) is 9.88 Å². The van der Waals surface area contributed by atoms with Crippen molar-refractivity contribution < 1.29 is 9.72 Å². The maximum atomic E-state index is 12.2. The molecule has 0 unspecified atom stereocenters. The summed E-state index contributed by atoms with van der Waals surface area (Å²) in [7, 11) is 0. The number of pyridine rings is 1. The quantitative estimate of drug-likeness (QED) is 0.432. The van der Waals surface area contributed by atoms with E-state index in [-0.39, 0.29) is 16.5 Å². The van der Waals surface area contributed by atoms with Gasteiger partial charge in [0.25, 0.3) is 5.69 Å². The van der Waals surface area contributed by atoms with Crippen LogP contribution in [0.3, 0.4) is 0 Å². The minimum Gasteiger partial charge on any atom is -0.355 e. The highest BCUT2D eigenvalue weighted by Crippen LogP contribution is 2.19. The molecule has 2 aromatic heterocycles. The van der Waals surface area contributed by atoms with Gasteiger partial charge < -0.3 is 10.2 Å². The van der Waals surface area contributed by atoms with Gasteiger partial charge in [0.2, 0.25) is 5.91 Å². The van der Waals surface area contributed by atoms with Crippen LogP contribution in [0.15, 0.2) is 60.1 Å². The van der Waals surface area contributed by atoms with Crippen molar-refractivity contribution >= 4 is 34.4 Å². The molecule has 166 valence electrons. The number of nitro groups is 1. The molecule has 3 aromatic rings. The first-order valence-electron chi connectivity index (χ1n) is 10.6. The number of hydrogen-bond acceptors (Lipinski definition) is 7. The number of aromatic nitrogens is 1. The van der Waals surface area contributed by atoms with E-state index in [0.29, 0.717) is 12.1 Å². The van der Waals surface area contributed by atoms with Gasteiger partial charge in [-0.3, -0.25) is 19.8 Å². The molecule has 0 spiro atoms. The summed E-state index contributed by atoms with van der Waals surface area (Å²) in [5.74, 6) is 0.858. The van der Waals surface area contributed by atoms with Crippen LogP contribution in [0.2, 0.25) is 0 Å². The smallest absolute Gasteiger partial charge is 0.269 e. The molecule has 1 saturated heterocycles. The van der Waals surface area contributed by atoms with Crippen LogP contribution < -0.4 is 10.2 Å². The van der Waals surface area contributed by atoms with Crippen LogP contribution in [0, 0.1) is 10.1 Å². The zero-order chi connectivity index (χ0) is 22.3. The summed E-state index contributed by atoms with van der Waals surface area (Å²) in [6, 6.07) is 14.5. The molecule has 0 saturated carbocycles. The van der Waals surface area contributed by atoms with Crippen molar-refractivity contribution in [1.29, 1.82) is 0 Å². The number of nitrogens with zero attached hydrogens (tertiary/aromatic N) is 4. The van der Waals surface area contributed by atoms with Gasteiger partial charge >= 0.3 is 0 Å². The summed E-state index contributed by atoms with van der Waals surface area (Å²) in [5, 5.41) is 15.7. The van der Waals surface area contributed by atoms with E-state index < -0.39 is 0 Å². The van der Waals surface area contributed by atoms with Gasteiger partial charge in [0, 0.05) is 49.7 Å². The Bertz CT molecular complexity index is 1040. The molecule has 0 atom stereocenters. The molecule has 32 heavy (non-hydrogen) atoms. The average molecular weight is 452 g/mol. The average Bonchev–Trinajstić information content (AvgIpc) is 3.18. The highest BCUT2D eigenvalue weighted by Gasteiger charge is 2.17. The highest BCUT2D eigenvalue weighted by atomic mass is 32.1. The maximum Gasteiger partial charge on any atom is 0.269 e. The standard InChI is InChI=1S/C23H25N5O3S/c29-23(15-21-3-1-14-32-21)25-19-6-9-22(24-16-19)27-11-2-10-26(12-13-27)17-18-4-7-20(8-5-18)28(30)31/h1,3-9,14,16H,2,10-13,15,17H2,(H,25,29). The number of nitrogens with one attached hydrogen (secondary N) is 1. The third-order valence-corrected chi connectivity index (χ3v) is 6.29. The minimum absolute atomic E-state index is 0.0429. The van der Waals surface area contributed by atoms with Crippen molar-refractivity contribution in [2.75, 3.05) is 36.4 Å². The predicted molar refractivity (Wildman–Crippen MR) is 126 cm³/mol. The Morgan fingerprint density at radius 1 is 1.09 bits per heavy atom. The van der Waals surface area contributed by atoms with E-state index in [9.17, 15) is 14.9 Å². The van der Waals surface area contributed by atoms with E-state index in [4.69, 9.17) is 0 Å². The lowest BCUT2D eigenvalue weighted by atomic mass is 10.2. The van der Waals surface area contributed by atoms with Gasteiger partial charge in [-0.05, 0) is 35.6 Å². The third-order valence-electron chi connectivity index (χ3n) is 5.41. The number of thiophene rings is 1. The Morgan fingerprint density at radius 2 is 1.94 bits per heavy atom. The van der Waals surface area contributed by atoms with Crippen molar-refractivity contribution in [2.45, 2.75) is 19.4 Å². The normalized spacial score (nSPS) is 14.7. The zero-order valence-corrected chi connectivity index (χ0v) is 18.5. The Labute approximate surface area is 190 Å². The summed E-state index contributed by atoms with van der Waals surface area (Å²) >= 11 is 1.57. The van der Waals surface area contributed by atoms with Gasteiger partial charge in [-0.15, -0.1) is 11.3 Å². The number of hydrogen-bond donors (Lipinski definition) is 1. The molecule has 1 aliphatic rings. The number of amides is 1. The molecule has 9 heteroatoms. The Kier molecular flexibility index (Phi) is 7.08. The Hall–Kier alpha value is -3.30. The number of non-ortho nitro benzene ring substituents is 1. The minimum atomic E-state index is -0.374. The van der Waals surface area contributed by atoms with Crippen molar-refractivity contribution in [3.8, 4) is 0 Å². The second-order valence-electron chi connectivity index (χ2n) is 7.75. The molecular formula is C23H25N5O3S. The van der Waals surface area contributed by atoms with Gasteiger partial charge in [0.1, 0.15) is 5.82 Å². The molecule has 1 aliphatic heterocycles. The van der Waals surface area contributed by atoms with Crippen LogP contribution in [0.4, 0.5) is 17.2 Å². The van der Waals surface area contributed by atoms with Gasteiger partial charge in [0.05, 0.1) is 23.2 Å². The topological polar surface area (TPSA) is 91.6 Å². The molecule has 0 radical (unpaired) electrons. The lowest BCUT2D eigenvalue weighted by molar-refractivity contribution is -0.384. The molecule has 0 aliphatic carbocycles.